The molecule has 27 heavy (non-hydrogen) atoms. The zero-order valence-electron chi connectivity index (χ0n) is 14.9. The first kappa shape index (κ1) is 19.8. The van der Waals surface area contributed by atoms with Crippen molar-refractivity contribution in [2.75, 3.05) is 38.0 Å². The Labute approximate surface area is 164 Å². The van der Waals surface area contributed by atoms with Gasteiger partial charge in [0.1, 0.15) is 5.15 Å². The van der Waals surface area contributed by atoms with Gasteiger partial charge in [-0.05, 0) is 36.9 Å². The fourth-order valence-electron chi connectivity index (χ4n) is 2.88. The number of piperazine rings is 1. The quantitative estimate of drug-likeness (QED) is 0.767. The number of carbonyl (C=O) groups is 1. The molecule has 0 saturated carbocycles. The van der Waals surface area contributed by atoms with Gasteiger partial charge in [-0.25, -0.2) is 13.4 Å². The number of hydrogen-bond donors (Lipinski definition) is 1. The van der Waals surface area contributed by atoms with Crippen LogP contribution in [0.3, 0.4) is 0 Å². The molecule has 0 radical (unpaired) electrons. The van der Waals surface area contributed by atoms with E-state index in [1.54, 1.807) is 24.3 Å². The van der Waals surface area contributed by atoms with Crippen LogP contribution in [-0.4, -0.2) is 61.2 Å². The van der Waals surface area contributed by atoms with Gasteiger partial charge in [0.15, 0.2) is 0 Å². The summed E-state index contributed by atoms with van der Waals surface area (Å²) in [5.74, 6) is -0.384. The van der Waals surface area contributed by atoms with Gasteiger partial charge in [-0.15, -0.1) is 0 Å². The van der Waals surface area contributed by atoms with Gasteiger partial charge in [0.25, 0.3) is 5.91 Å². The lowest BCUT2D eigenvalue weighted by Crippen LogP contribution is -2.48. The monoisotopic (exact) mass is 408 g/mol. The molecule has 1 amide bonds. The van der Waals surface area contributed by atoms with Crippen molar-refractivity contribution >= 4 is 33.2 Å². The molecule has 0 spiro atoms. The Balaban J connectivity index is 1.75. The van der Waals surface area contributed by atoms with Gasteiger partial charge in [-0.3, -0.25) is 4.79 Å². The van der Waals surface area contributed by atoms with E-state index in [-0.39, 0.29) is 10.8 Å². The summed E-state index contributed by atoms with van der Waals surface area (Å²) in [5.41, 5.74) is 0.742. The van der Waals surface area contributed by atoms with Crippen LogP contribution in [0.2, 0.25) is 5.15 Å². The number of aromatic nitrogens is 1. The van der Waals surface area contributed by atoms with Crippen LogP contribution in [0.15, 0.2) is 47.5 Å². The minimum Gasteiger partial charge on any atom is -0.322 e. The van der Waals surface area contributed by atoms with E-state index in [1.807, 2.05) is 0 Å². The lowest BCUT2D eigenvalue weighted by atomic mass is 10.2. The van der Waals surface area contributed by atoms with E-state index in [0.717, 1.165) is 19.6 Å². The van der Waals surface area contributed by atoms with Crippen LogP contribution in [-0.2, 0) is 10.0 Å². The van der Waals surface area contributed by atoms with Gasteiger partial charge in [-0.2, -0.15) is 4.31 Å². The van der Waals surface area contributed by atoms with E-state index in [1.165, 1.54) is 22.6 Å². The third kappa shape index (κ3) is 4.65. The van der Waals surface area contributed by atoms with E-state index >= 15 is 0 Å². The van der Waals surface area contributed by atoms with Gasteiger partial charge < -0.3 is 10.2 Å². The van der Waals surface area contributed by atoms with Crippen molar-refractivity contribution in [3.8, 4) is 0 Å². The van der Waals surface area contributed by atoms with E-state index in [0.29, 0.717) is 29.5 Å². The molecule has 0 atom stereocenters. The smallest absolute Gasteiger partial charge is 0.257 e. The van der Waals surface area contributed by atoms with Crippen LogP contribution in [0.25, 0.3) is 0 Å². The second kappa shape index (κ2) is 8.35. The summed E-state index contributed by atoms with van der Waals surface area (Å²) in [7, 11) is -3.60. The maximum atomic E-state index is 12.9. The molecule has 144 valence electrons. The number of benzene rings is 1. The molecular formula is C18H21ClN4O3S. The summed E-state index contributed by atoms with van der Waals surface area (Å²) in [4.78, 5) is 18.5. The van der Waals surface area contributed by atoms with Crippen LogP contribution < -0.4 is 5.32 Å². The van der Waals surface area contributed by atoms with Gasteiger partial charge in [0.05, 0.1) is 10.5 Å². The number of amides is 1. The highest BCUT2D eigenvalue weighted by Crippen LogP contribution is 2.21. The number of likely N-dealkylation sites (N-methyl/N-ethyl adjacent to an activating group) is 1. The molecule has 2 heterocycles. The minimum absolute atomic E-state index is 0.166. The SMILES string of the molecule is CCN1CCN(S(=O)(=O)c2cccc(NC(=O)c3ccc(Cl)nc3)c2)CC1. The Hall–Kier alpha value is -2.00. The molecule has 2 aromatic rings. The molecule has 3 rings (SSSR count). The standard InChI is InChI=1S/C18H21ClN4O3S/c1-2-22-8-10-23(11-9-22)27(25,26)16-5-3-4-15(12-16)21-18(24)14-6-7-17(19)20-13-14/h3-7,12-13H,2,8-11H2,1H3,(H,21,24). The maximum Gasteiger partial charge on any atom is 0.257 e. The number of nitrogens with one attached hydrogen (secondary N) is 1. The molecule has 1 fully saturated rings. The van der Waals surface area contributed by atoms with Crippen LogP contribution >= 0.6 is 11.6 Å². The maximum absolute atomic E-state index is 12.9. The van der Waals surface area contributed by atoms with Gasteiger partial charge in [0.2, 0.25) is 10.0 Å². The predicted molar refractivity (Wildman–Crippen MR) is 105 cm³/mol. The van der Waals surface area contributed by atoms with Crippen molar-refractivity contribution in [2.24, 2.45) is 0 Å². The third-order valence-electron chi connectivity index (χ3n) is 4.50. The van der Waals surface area contributed by atoms with Crippen LogP contribution in [0.1, 0.15) is 17.3 Å². The van der Waals surface area contributed by atoms with E-state index in [4.69, 9.17) is 11.6 Å². The number of nitrogens with zero attached hydrogens (tertiary/aromatic N) is 3. The summed E-state index contributed by atoms with van der Waals surface area (Å²) in [6.45, 7) is 5.33. The van der Waals surface area contributed by atoms with Crippen molar-refractivity contribution in [1.82, 2.24) is 14.2 Å². The molecule has 0 unspecified atom stereocenters. The summed E-state index contributed by atoms with van der Waals surface area (Å²) in [6.07, 6.45) is 1.37. The number of carbonyl (C=O) groups excluding carboxylic acids is 1. The first-order valence-corrected chi connectivity index (χ1v) is 10.5. The average molecular weight is 409 g/mol. The first-order valence-electron chi connectivity index (χ1n) is 8.65. The normalized spacial score (nSPS) is 16.2. The fraction of sp³-hybridized carbons (Fsp3) is 0.333. The van der Waals surface area contributed by atoms with Crippen LogP contribution in [0.5, 0.6) is 0 Å². The lowest BCUT2D eigenvalue weighted by Gasteiger charge is -2.33. The van der Waals surface area contributed by atoms with Crippen molar-refractivity contribution in [1.29, 1.82) is 0 Å². The Morgan fingerprint density at radius 1 is 1.19 bits per heavy atom. The molecule has 9 heteroatoms. The number of rotatable bonds is 5. The van der Waals surface area contributed by atoms with Crippen molar-refractivity contribution in [3.05, 3.63) is 53.3 Å². The highest BCUT2D eigenvalue weighted by Gasteiger charge is 2.28. The Morgan fingerprint density at radius 3 is 2.56 bits per heavy atom. The highest BCUT2D eigenvalue weighted by molar-refractivity contribution is 7.89. The largest absolute Gasteiger partial charge is 0.322 e. The molecule has 0 bridgehead atoms. The molecule has 1 aliphatic rings. The van der Waals surface area contributed by atoms with E-state index < -0.39 is 10.0 Å². The minimum atomic E-state index is -3.60. The van der Waals surface area contributed by atoms with Crippen molar-refractivity contribution < 1.29 is 13.2 Å². The van der Waals surface area contributed by atoms with Crippen LogP contribution in [0, 0.1) is 0 Å². The number of pyridine rings is 1. The zero-order valence-corrected chi connectivity index (χ0v) is 16.5. The van der Waals surface area contributed by atoms with Gasteiger partial charge in [-0.1, -0.05) is 24.6 Å². The van der Waals surface area contributed by atoms with Crippen molar-refractivity contribution in [3.63, 3.8) is 0 Å². The third-order valence-corrected chi connectivity index (χ3v) is 6.62. The zero-order chi connectivity index (χ0) is 19.4. The molecule has 1 aromatic carbocycles. The second-order valence-corrected chi connectivity index (χ2v) is 8.52. The second-order valence-electron chi connectivity index (χ2n) is 6.19. The molecule has 1 aliphatic heterocycles. The van der Waals surface area contributed by atoms with E-state index in [9.17, 15) is 13.2 Å². The highest BCUT2D eigenvalue weighted by atomic mass is 35.5. The Kier molecular flexibility index (Phi) is 6.11. The predicted octanol–water partition coefficient (Wildman–Crippen LogP) is 2.31. The summed E-state index contributed by atoms with van der Waals surface area (Å²) < 4.78 is 27.3. The lowest BCUT2D eigenvalue weighted by molar-refractivity contribution is 0.102. The summed E-state index contributed by atoms with van der Waals surface area (Å²) in [6, 6.07) is 9.36. The van der Waals surface area contributed by atoms with Gasteiger partial charge in [0, 0.05) is 38.1 Å². The molecule has 1 N–H and O–H groups in total. The van der Waals surface area contributed by atoms with Crippen LogP contribution in [0.4, 0.5) is 5.69 Å². The number of halogens is 1. The molecule has 1 saturated heterocycles. The number of hydrogen-bond acceptors (Lipinski definition) is 5. The molecule has 7 nitrogen and oxygen atoms in total. The molecular weight excluding hydrogens is 388 g/mol. The molecule has 0 aliphatic carbocycles. The van der Waals surface area contributed by atoms with Crippen molar-refractivity contribution in [2.45, 2.75) is 11.8 Å². The number of sulfonamides is 1. The average Bonchev–Trinajstić information content (AvgIpc) is 2.68. The first-order chi connectivity index (χ1) is 12.9. The molecule has 1 aromatic heterocycles. The topological polar surface area (TPSA) is 82.6 Å². The summed E-state index contributed by atoms with van der Waals surface area (Å²) >= 11 is 5.72. The Bertz CT molecular complexity index is 910. The fourth-order valence-corrected chi connectivity index (χ4v) is 4.46. The number of anilines is 1. The summed E-state index contributed by atoms with van der Waals surface area (Å²) in [5, 5.41) is 2.99. The van der Waals surface area contributed by atoms with Gasteiger partial charge >= 0.3 is 0 Å². The Morgan fingerprint density at radius 2 is 1.93 bits per heavy atom. The van der Waals surface area contributed by atoms with E-state index in [2.05, 4.69) is 22.1 Å².